The highest BCUT2D eigenvalue weighted by atomic mass is 16.1. The van der Waals surface area contributed by atoms with Crippen LogP contribution in [0.5, 0.6) is 0 Å². The van der Waals surface area contributed by atoms with Gasteiger partial charge in [-0.15, -0.1) is 0 Å². The zero-order valence-corrected chi connectivity index (χ0v) is 13.0. The summed E-state index contributed by atoms with van der Waals surface area (Å²) in [6, 6.07) is 16.6. The summed E-state index contributed by atoms with van der Waals surface area (Å²) >= 11 is 0. The first kappa shape index (κ1) is 16.0. The maximum atomic E-state index is 12.3. The highest BCUT2D eigenvalue weighted by Crippen LogP contribution is 2.29. The summed E-state index contributed by atoms with van der Waals surface area (Å²) in [7, 11) is 0. The molecule has 0 aromatic heterocycles. The molecule has 0 spiro atoms. The number of carbonyl (C=O) groups is 2. The number of nitrogens with one attached hydrogen (secondary N) is 1. The average molecular weight is 295 g/mol. The van der Waals surface area contributed by atoms with E-state index in [0.29, 0.717) is 17.7 Å². The summed E-state index contributed by atoms with van der Waals surface area (Å²) in [5.74, 6) is -0.131. The summed E-state index contributed by atoms with van der Waals surface area (Å²) in [5, 5.41) is 2.93. The third-order valence-electron chi connectivity index (χ3n) is 3.77. The number of carbonyl (C=O) groups excluding carboxylic acids is 2. The number of anilines is 1. The van der Waals surface area contributed by atoms with E-state index < -0.39 is 0 Å². The second kappa shape index (κ2) is 7.55. The van der Waals surface area contributed by atoms with E-state index in [-0.39, 0.29) is 17.6 Å². The molecule has 1 amide bonds. The Morgan fingerprint density at radius 2 is 1.59 bits per heavy atom. The van der Waals surface area contributed by atoms with E-state index in [2.05, 4.69) is 5.32 Å². The molecule has 0 aliphatic heterocycles. The largest absolute Gasteiger partial charge is 0.322 e. The standard InChI is InChI=1S/C19H21NO2/c1-3-15(18(21)4-2)16-12-8-9-13-17(16)20-19(22)14-10-6-5-7-11-14/h5-13,15H,3-4H2,1-2H3,(H,20,22). The molecule has 0 saturated carbocycles. The highest BCUT2D eigenvalue weighted by Gasteiger charge is 2.20. The van der Waals surface area contributed by atoms with Crippen LogP contribution in [0, 0.1) is 0 Å². The Kier molecular flexibility index (Phi) is 5.48. The predicted molar refractivity (Wildman–Crippen MR) is 89.2 cm³/mol. The molecule has 3 nitrogen and oxygen atoms in total. The lowest BCUT2D eigenvalue weighted by Crippen LogP contribution is -2.17. The van der Waals surface area contributed by atoms with Gasteiger partial charge in [0.15, 0.2) is 0 Å². The quantitative estimate of drug-likeness (QED) is 0.858. The first-order valence-electron chi connectivity index (χ1n) is 7.65. The van der Waals surface area contributed by atoms with Gasteiger partial charge >= 0.3 is 0 Å². The molecule has 0 aliphatic carbocycles. The predicted octanol–water partition coefficient (Wildman–Crippen LogP) is 4.41. The van der Waals surface area contributed by atoms with Crippen molar-refractivity contribution in [3.05, 3.63) is 65.7 Å². The molecule has 2 aromatic carbocycles. The van der Waals surface area contributed by atoms with Crippen molar-refractivity contribution in [2.45, 2.75) is 32.6 Å². The van der Waals surface area contributed by atoms with Crippen molar-refractivity contribution in [3.63, 3.8) is 0 Å². The van der Waals surface area contributed by atoms with E-state index in [0.717, 1.165) is 12.0 Å². The number of para-hydroxylation sites is 1. The zero-order valence-electron chi connectivity index (χ0n) is 13.0. The second-order valence-corrected chi connectivity index (χ2v) is 5.19. The molecule has 114 valence electrons. The molecule has 2 rings (SSSR count). The molecule has 1 atom stereocenters. The Labute approximate surface area is 131 Å². The van der Waals surface area contributed by atoms with Crippen LogP contribution in [0.25, 0.3) is 0 Å². The van der Waals surface area contributed by atoms with E-state index in [1.165, 1.54) is 0 Å². The van der Waals surface area contributed by atoms with Crippen molar-refractivity contribution >= 4 is 17.4 Å². The van der Waals surface area contributed by atoms with Gasteiger partial charge in [0.25, 0.3) is 5.91 Å². The fourth-order valence-electron chi connectivity index (χ4n) is 2.57. The molecule has 1 N–H and O–H groups in total. The lowest BCUT2D eigenvalue weighted by molar-refractivity contribution is -0.120. The smallest absolute Gasteiger partial charge is 0.255 e. The van der Waals surface area contributed by atoms with Crippen LogP contribution in [0.2, 0.25) is 0 Å². The number of amides is 1. The van der Waals surface area contributed by atoms with Gasteiger partial charge in [-0.05, 0) is 30.2 Å². The number of Topliss-reactive ketones (excluding diaryl/α,β-unsaturated/α-hetero) is 1. The van der Waals surface area contributed by atoms with Crippen LogP contribution in [0.1, 0.15) is 48.5 Å². The molecule has 0 saturated heterocycles. The number of benzene rings is 2. The first-order valence-corrected chi connectivity index (χ1v) is 7.65. The number of hydrogen-bond donors (Lipinski definition) is 1. The molecule has 1 unspecified atom stereocenters. The molecule has 2 aromatic rings. The van der Waals surface area contributed by atoms with E-state index in [1.54, 1.807) is 12.1 Å². The van der Waals surface area contributed by atoms with Crippen molar-refractivity contribution in [2.24, 2.45) is 0 Å². The zero-order chi connectivity index (χ0) is 15.9. The molecule has 0 aliphatic rings. The van der Waals surface area contributed by atoms with Gasteiger partial charge in [-0.2, -0.15) is 0 Å². The number of ketones is 1. The minimum atomic E-state index is -0.169. The van der Waals surface area contributed by atoms with Crippen molar-refractivity contribution in [2.75, 3.05) is 5.32 Å². The minimum Gasteiger partial charge on any atom is -0.322 e. The van der Waals surface area contributed by atoms with Gasteiger partial charge in [-0.25, -0.2) is 0 Å². The molecule has 3 heteroatoms. The van der Waals surface area contributed by atoms with Crippen molar-refractivity contribution < 1.29 is 9.59 Å². The van der Waals surface area contributed by atoms with Crippen LogP contribution in [0.3, 0.4) is 0 Å². The van der Waals surface area contributed by atoms with Gasteiger partial charge in [0.05, 0.1) is 0 Å². The van der Waals surface area contributed by atoms with Crippen molar-refractivity contribution in [1.82, 2.24) is 0 Å². The molecule has 0 fully saturated rings. The lowest BCUT2D eigenvalue weighted by atomic mass is 9.89. The van der Waals surface area contributed by atoms with Crippen LogP contribution in [0.4, 0.5) is 5.69 Å². The molecule has 0 radical (unpaired) electrons. The molecule has 0 heterocycles. The van der Waals surface area contributed by atoms with Crippen molar-refractivity contribution in [3.8, 4) is 0 Å². The Hall–Kier alpha value is -2.42. The van der Waals surface area contributed by atoms with Gasteiger partial charge in [0.2, 0.25) is 0 Å². The van der Waals surface area contributed by atoms with Gasteiger partial charge in [-0.3, -0.25) is 9.59 Å². The van der Waals surface area contributed by atoms with E-state index in [9.17, 15) is 9.59 Å². The Morgan fingerprint density at radius 1 is 0.955 bits per heavy atom. The SMILES string of the molecule is CCC(=O)C(CC)c1ccccc1NC(=O)c1ccccc1. The summed E-state index contributed by atoms with van der Waals surface area (Å²) < 4.78 is 0. The van der Waals surface area contributed by atoms with Gasteiger partial charge in [-0.1, -0.05) is 50.2 Å². The normalized spacial score (nSPS) is 11.7. The van der Waals surface area contributed by atoms with Gasteiger partial charge in [0, 0.05) is 23.6 Å². The summed E-state index contributed by atoms with van der Waals surface area (Å²) in [5.41, 5.74) is 2.21. The first-order chi connectivity index (χ1) is 10.7. The average Bonchev–Trinajstić information content (AvgIpc) is 2.57. The van der Waals surface area contributed by atoms with E-state index >= 15 is 0 Å². The molecule has 0 bridgehead atoms. The van der Waals surface area contributed by atoms with E-state index in [1.807, 2.05) is 56.3 Å². The fourth-order valence-corrected chi connectivity index (χ4v) is 2.57. The third kappa shape index (κ3) is 3.61. The minimum absolute atomic E-state index is 0.160. The maximum absolute atomic E-state index is 12.3. The van der Waals surface area contributed by atoms with Crippen LogP contribution < -0.4 is 5.32 Å². The number of rotatable bonds is 6. The van der Waals surface area contributed by atoms with Gasteiger partial charge < -0.3 is 5.32 Å². The highest BCUT2D eigenvalue weighted by molar-refractivity contribution is 6.05. The molecular weight excluding hydrogens is 274 g/mol. The van der Waals surface area contributed by atoms with Crippen LogP contribution in [0.15, 0.2) is 54.6 Å². The second-order valence-electron chi connectivity index (χ2n) is 5.19. The summed E-state index contributed by atoms with van der Waals surface area (Å²) in [6.45, 7) is 3.87. The summed E-state index contributed by atoms with van der Waals surface area (Å²) in [4.78, 5) is 24.5. The van der Waals surface area contributed by atoms with Crippen LogP contribution in [-0.2, 0) is 4.79 Å². The topological polar surface area (TPSA) is 46.2 Å². The Bertz CT molecular complexity index is 649. The maximum Gasteiger partial charge on any atom is 0.255 e. The fraction of sp³-hybridized carbons (Fsp3) is 0.263. The third-order valence-corrected chi connectivity index (χ3v) is 3.77. The molecule has 22 heavy (non-hydrogen) atoms. The monoisotopic (exact) mass is 295 g/mol. The Balaban J connectivity index is 2.29. The van der Waals surface area contributed by atoms with Crippen molar-refractivity contribution in [1.29, 1.82) is 0 Å². The van der Waals surface area contributed by atoms with Crippen LogP contribution in [-0.4, -0.2) is 11.7 Å². The summed E-state index contributed by atoms with van der Waals surface area (Å²) in [6.07, 6.45) is 1.23. The van der Waals surface area contributed by atoms with E-state index in [4.69, 9.17) is 0 Å². The number of hydrogen-bond acceptors (Lipinski definition) is 2. The lowest BCUT2D eigenvalue weighted by Gasteiger charge is -2.18. The van der Waals surface area contributed by atoms with Crippen LogP contribution >= 0.6 is 0 Å². The molecular formula is C19H21NO2. The Morgan fingerprint density at radius 3 is 2.23 bits per heavy atom. The van der Waals surface area contributed by atoms with Gasteiger partial charge in [0.1, 0.15) is 5.78 Å².